The van der Waals surface area contributed by atoms with Crippen molar-refractivity contribution in [2.24, 2.45) is 5.10 Å². The number of hydrazone groups is 1. The lowest BCUT2D eigenvalue weighted by molar-refractivity contribution is -0.135. The number of hydrogen-bond donors (Lipinski definition) is 1. The number of hydrogen-bond acceptors (Lipinski definition) is 5. The van der Waals surface area contributed by atoms with E-state index in [0.29, 0.717) is 30.7 Å². The van der Waals surface area contributed by atoms with E-state index in [1.165, 1.54) is 17.1 Å². The van der Waals surface area contributed by atoms with Gasteiger partial charge < -0.3 is 10.1 Å². The predicted octanol–water partition coefficient (Wildman–Crippen LogP) is 3.93. The van der Waals surface area contributed by atoms with Crippen LogP contribution in [0.3, 0.4) is 0 Å². The van der Waals surface area contributed by atoms with Gasteiger partial charge in [-0.2, -0.15) is 5.10 Å². The van der Waals surface area contributed by atoms with Gasteiger partial charge in [-0.3, -0.25) is 9.59 Å². The third-order valence-electron chi connectivity index (χ3n) is 5.62. The number of rotatable bonds is 5. The molecule has 0 fully saturated rings. The number of carbonyl (C=O) groups excluding carboxylic acids is 2. The molecule has 6 nitrogen and oxygen atoms in total. The van der Waals surface area contributed by atoms with Crippen LogP contribution in [-0.4, -0.2) is 35.7 Å². The summed E-state index contributed by atoms with van der Waals surface area (Å²) < 4.78 is 19.3. The van der Waals surface area contributed by atoms with Crippen LogP contribution in [0, 0.1) is 5.82 Å². The van der Waals surface area contributed by atoms with Gasteiger partial charge in [0.25, 0.3) is 11.8 Å². The fourth-order valence-corrected chi connectivity index (χ4v) is 4.77. The van der Waals surface area contributed by atoms with Crippen LogP contribution in [0.15, 0.2) is 65.1 Å². The van der Waals surface area contributed by atoms with E-state index in [1.54, 1.807) is 41.7 Å². The van der Waals surface area contributed by atoms with Crippen LogP contribution in [0.25, 0.3) is 0 Å². The SMILES string of the molecule is O=C1NCCc2c(OCC(=O)N3N=C(c4cccs4)C[C@H]3c3ccc(F)cc3)cccc21. The molecule has 0 radical (unpaired) electrons. The minimum Gasteiger partial charge on any atom is -0.483 e. The number of carbonyl (C=O) groups is 2. The van der Waals surface area contributed by atoms with Crippen LogP contribution >= 0.6 is 11.3 Å². The Morgan fingerprint density at radius 3 is 2.81 bits per heavy atom. The smallest absolute Gasteiger partial charge is 0.281 e. The molecule has 1 atom stereocenters. The first kappa shape index (κ1) is 20.4. The number of fused-ring (bicyclic) bond motifs is 1. The largest absolute Gasteiger partial charge is 0.483 e. The van der Waals surface area contributed by atoms with Gasteiger partial charge in [0.1, 0.15) is 11.6 Å². The monoisotopic (exact) mass is 449 g/mol. The Balaban J connectivity index is 1.38. The molecule has 162 valence electrons. The van der Waals surface area contributed by atoms with Crippen molar-refractivity contribution >= 4 is 28.9 Å². The second kappa shape index (κ2) is 8.55. The molecule has 0 unspecified atom stereocenters. The van der Waals surface area contributed by atoms with Gasteiger partial charge in [-0.05, 0) is 47.7 Å². The summed E-state index contributed by atoms with van der Waals surface area (Å²) in [7, 11) is 0. The summed E-state index contributed by atoms with van der Waals surface area (Å²) in [5, 5.41) is 10.8. The van der Waals surface area contributed by atoms with Crippen molar-refractivity contribution in [2.75, 3.05) is 13.2 Å². The van der Waals surface area contributed by atoms with Gasteiger partial charge in [0.15, 0.2) is 6.61 Å². The van der Waals surface area contributed by atoms with Crippen molar-refractivity contribution in [1.82, 2.24) is 10.3 Å². The topological polar surface area (TPSA) is 71.0 Å². The average Bonchev–Trinajstić information content (AvgIpc) is 3.49. The first-order valence-electron chi connectivity index (χ1n) is 10.3. The summed E-state index contributed by atoms with van der Waals surface area (Å²) in [4.78, 5) is 26.2. The maximum absolute atomic E-state index is 13.4. The highest BCUT2D eigenvalue weighted by Gasteiger charge is 2.34. The van der Waals surface area contributed by atoms with Crippen LogP contribution in [-0.2, 0) is 11.2 Å². The highest BCUT2D eigenvalue weighted by atomic mass is 32.1. The van der Waals surface area contributed by atoms with E-state index in [9.17, 15) is 14.0 Å². The second-order valence-corrected chi connectivity index (χ2v) is 8.56. The van der Waals surface area contributed by atoms with E-state index in [2.05, 4.69) is 10.4 Å². The lowest BCUT2D eigenvalue weighted by Gasteiger charge is -2.23. The molecule has 2 aliphatic rings. The standard InChI is InChI=1S/C24H20FN3O3S/c25-16-8-6-15(7-9-16)20-13-19(22-5-2-12-32-22)27-28(20)23(29)14-31-21-4-1-3-18-17(21)10-11-26-24(18)30/h1-9,12,20H,10-11,13-14H2,(H,26,30)/t20-/m0/s1. The molecule has 0 bridgehead atoms. The van der Waals surface area contributed by atoms with Crippen LogP contribution in [0.4, 0.5) is 4.39 Å². The molecule has 2 aliphatic heterocycles. The van der Waals surface area contributed by atoms with Crippen LogP contribution < -0.4 is 10.1 Å². The zero-order valence-corrected chi connectivity index (χ0v) is 17.9. The van der Waals surface area contributed by atoms with Crippen LogP contribution in [0.5, 0.6) is 5.75 Å². The van der Waals surface area contributed by atoms with E-state index < -0.39 is 0 Å². The number of ether oxygens (including phenoxy) is 1. The quantitative estimate of drug-likeness (QED) is 0.642. The highest BCUT2D eigenvalue weighted by molar-refractivity contribution is 7.12. The summed E-state index contributed by atoms with van der Waals surface area (Å²) in [5.74, 6) is -0.233. The number of halogens is 1. The molecule has 8 heteroatoms. The minimum absolute atomic E-state index is 0.135. The van der Waals surface area contributed by atoms with Crippen LogP contribution in [0.1, 0.15) is 38.8 Å². The number of benzene rings is 2. The first-order chi connectivity index (χ1) is 15.6. The Labute approximate surface area is 188 Å². The molecule has 2 amide bonds. The molecule has 2 aromatic carbocycles. The molecule has 1 aromatic heterocycles. The Bertz CT molecular complexity index is 1190. The number of amides is 2. The van der Waals surface area contributed by atoms with Crippen molar-refractivity contribution < 1.29 is 18.7 Å². The molecule has 0 aliphatic carbocycles. The average molecular weight is 450 g/mol. The van der Waals surface area contributed by atoms with Gasteiger partial charge in [-0.15, -0.1) is 11.3 Å². The zero-order chi connectivity index (χ0) is 22.1. The minimum atomic E-state index is -0.334. The summed E-state index contributed by atoms with van der Waals surface area (Å²) in [6, 6.07) is 15.0. The number of nitrogens with zero attached hydrogens (tertiary/aromatic N) is 2. The van der Waals surface area contributed by atoms with Gasteiger partial charge in [-0.1, -0.05) is 24.3 Å². The molecule has 3 aromatic rings. The number of thiophene rings is 1. The van der Waals surface area contributed by atoms with Crippen molar-refractivity contribution in [3.63, 3.8) is 0 Å². The van der Waals surface area contributed by atoms with Gasteiger partial charge in [0.2, 0.25) is 0 Å². The molecular formula is C24H20FN3O3S. The van der Waals surface area contributed by atoms with E-state index in [-0.39, 0.29) is 30.3 Å². The van der Waals surface area contributed by atoms with E-state index >= 15 is 0 Å². The van der Waals surface area contributed by atoms with Crippen molar-refractivity contribution in [3.05, 3.63) is 87.4 Å². The third kappa shape index (κ3) is 3.89. The predicted molar refractivity (Wildman–Crippen MR) is 119 cm³/mol. The third-order valence-corrected chi connectivity index (χ3v) is 6.53. The molecule has 0 saturated carbocycles. The summed E-state index contributed by atoms with van der Waals surface area (Å²) in [5.41, 5.74) is 3.01. The van der Waals surface area contributed by atoms with E-state index in [1.807, 2.05) is 17.5 Å². The highest BCUT2D eigenvalue weighted by Crippen LogP contribution is 2.34. The fraction of sp³-hybridized carbons (Fsp3) is 0.208. The van der Waals surface area contributed by atoms with E-state index in [0.717, 1.165) is 21.7 Å². The Morgan fingerprint density at radius 1 is 1.19 bits per heavy atom. The molecular weight excluding hydrogens is 429 g/mol. The summed E-state index contributed by atoms with van der Waals surface area (Å²) in [6.07, 6.45) is 1.19. The van der Waals surface area contributed by atoms with Crippen LogP contribution in [0.2, 0.25) is 0 Å². The maximum atomic E-state index is 13.4. The van der Waals surface area contributed by atoms with Crippen molar-refractivity contribution in [2.45, 2.75) is 18.9 Å². The molecule has 0 spiro atoms. The zero-order valence-electron chi connectivity index (χ0n) is 17.1. The Morgan fingerprint density at radius 2 is 2.03 bits per heavy atom. The molecule has 5 rings (SSSR count). The van der Waals surface area contributed by atoms with Gasteiger partial charge in [0.05, 0.1) is 16.6 Å². The normalized spacial score (nSPS) is 17.5. The Hall–Kier alpha value is -3.52. The van der Waals surface area contributed by atoms with Gasteiger partial charge >= 0.3 is 0 Å². The molecule has 32 heavy (non-hydrogen) atoms. The summed E-state index contributed by atoms with van der Waals surface area (Å²) >= 11 is 1.56. The van der Waals surface area contributed by atoms with E-state index in [4.69, 9.17) is 4.74 Å². The lowest BCUT2D eigenvalue weighted by atomic mass is 9.99. The fourth-order valence-electron chi connectivity index (χ4n) is 4.05. The van der Waals surface area contributed by atoms with Gasteiger partial charge in [-0.25, -0.2) is 9.40 Å². The lowest BCUT2D eigenvalue weighted by Crippen LogP contribution is -2.33. The maximum Gasteiger partial charge on any atom is 0.281 e. The van der Waals surface area contributed by atoms with Crippen molar-refractivity contribution in [3.8, 4) is 5.75 Å². The molecule has 0 saturated heterocycles. The molecule has 3 heterocycles. The van der Waals surface area contributed by atoms with Crippen molar-refractivity contribution in [1.29, 1.82) is 0 Å². The number of nitrogens with one attached hydrogen (secondary N) is 1. The Kier molecular flexibility index (Phi) is 5.45. The first-order valence-corrected chi connectivity index (χ1v) is 11.2. The van der Waals surface area contributed by atoms with Gasteiger partial charge in [0, 0.05) is 24.1 Å². The second-order valence-electron chi connectivity index (χ2n) is 7.61. The summed E-state index contributed by atoms with van der Waals surface area (Å²) in [6.45, 7) is 0.324. The molecule has 1 N–H and O–H groups in total.